The van der Waals surface area contributed by atoms with Crippen LogP contribution in [-0.4, -0.2) is 33.7 Å². The van der Waals surface area contributed by atoms with Crippen LogP contribution in [0.25, 0.3) is 0 Å². The first-order valence-electron chi connectivity index (χ1n) is 7.17. The van der Waals surface area contributed by atoms with Crippen LogP contribution in [0.15, 0.2) is 41.3 Å². The quantitative estimate of drug-likeness (QED) is 0.832. The molecule has 1 atom stereocenters. The third kappa shape index (κ3) is 2.65. The van der Waals surface area contributed by atoms with E-state index in [1.165, 1.54) is 44.6 Å². The molecular weight excluding hydrogens is 352 g/mol. The van der Waals surface area contributed by atoms with Crippen molar-refractivity contribution in [2.75, 3.05) is 14.2 Å². The molecule has 1 unspecified atom stereocenters. The minimum Gasteiger partial charge on any atom is -0.493 e. The maximum Gasteiger partial charge on any atom is 0.189 e. The highest BCUT2D eigenvalue weighted by Crippen LogP contribution is 2.37. The summed E-state index contributed by atoms with van der Waals surface area (Å²) in [5.74, 6) is 0.434. The van der Waals surface area contributed by atoms with Gasteiger partial charge in [-0.25, -0.2) is 8.42 Å². The number of carbonyl (C=O) groups is 1. The van der Waals surface area contributed by atoms with Crippen LogP contribution < -0.4 is 9.47 Å². The van der Waals surface area contributed by atoms with Gasteiger partial charge in [-0.3, -0.25) is 4.79 Å². The zero-order valence-electron chi connectivity index (χ0n) is 13.1. The first-order chi connectivity index (χ1) is 11.4. The van der Waals surface area contributed by atoms with Crippen molar-refractivity contribution in [3.8, 4) is 11.5 Å². The molecule has 2 aromatic rings. The standard InChI is InChI=1S/C17H15ClO5S/c1-22-14-7-10-8-16(17(19)13(10)9-15(14)23-2)24(20,21)12-5-3-11(18)4-6-12/h3-7,9,16H,8H2,1-2H3. The van der Waals surface area contributed by atoms with Gasteiger partial charge in [0.1, 0.15) is 5.25 Å². The maximum atomic E-state index is 12.8. The van der Waals surface area contributed by atoms with E-state index >= 15 is 0 Å². The molecule has 2 aromatic carbocycles. The van der Waals surface area contributed by atoms with Gasteiger partial charge < -0.3 is 9.47 Å². The molecule has 0 saturated heterocycles. The molecule has 7 heteroatoms. The Hall–Kier alpha value is -2.05. The van der Waals surface area contributed by atoms with Gasteiger partial charge in [-0.1, -0.05) is 11.6 Å². The predicted octanol–water partition coefficient (Wildman–Crippen LogP) is 2.94. The number of hydrogen-bond acceptors (Lipinski definition) is 5. The fourth-order valence-electron chi connectivity index (χ4n) is 2.82. The number of fused-ring (bicyclic) bond motifs is 1. The predicted molar refractivity (Wildman–Crippen MR) is 90.0 cm³/mol. The zero-order chi connectivity index (χ0) is 17.5. The minimum atomic E-state index is -3.80. The van der Waals surface area contributed by atoms with E-state index in [0.717, 1.165) is 0 Å². The number of carbonyl (C=O) groups excluding carboxylic acids is 1. The van der Waals surface area contributed by atoms with Crippen LogP contribution in [-0.2, 0) is 16.3 Å². The highest BCUT2D eigenvalue weighted by atomic mass is 35.5. The smallest absolute Gasteiger partial charge is 0.189 e. The minimum absolute atomic E-state index is 0.0805. The molecule has 0 aliphatic heterocycles. The molecule has 5 nitrogen and oxygen atoms in total. The molecule has 0 saturated carbocycles. The summed E-state index contributed by atoms with van der Waals surface area (Å²) < 4.78 is 36.0. The summed E-state index contributed by atoms with van der Waals surface area (Å²) in [4.78, 5) is 12.7. The first kappa shape index (κ1) is 16.8. The number of methoxy groups -OCH3 is 2. The van der Waals surface area contributed by atoms with Crippen molar-refractivity contribution >= 4 is 27.2 Å². The van der Waals surface area contributed by atoms with Crippen LogP contribution in [0.3, 0.4) is 0 Å². The number of sulfone groups is 1. The summed E-state index contributed by atoms with van der Waals surface area (Å²) in [6, 6.07) is 9.00. The molecule has 3 rings (SSSR count). The molecular formula is C17H15ClO5S. The van der Waals surface area contributed by atoms with Crippen molar-refractivity contribution < 1.29 is 22.7 Å². The Balaban J connectivity index is 2.03. The lowest BCUT2D eigenvalue weighted by Crippen LogP contribution is -2.27. The number of ether oxygens (including phenoxy) is 2. The molecule has 1 aliphatic rings. The third-order valence-electron chi connectivity index (χ3n) is 4.09. The Bertz CT molecular complexity index is 903. The summed E-state index contributed by atoms with van der Waals surface area (Å²) in [5.41, 5.74) is 0.996. The van der Waals surface area contributed by atoms with Gasteiger partial charge >= 0.3 is 0 Å². The zero-order valence-corrected chi connectivity index (χ0v) is 14.6. The number of rotatable bonds is 4. The fourth-order valence-corrected chi connectivity index (χ4v) is 4.60. The molecule has 0 N–H and O–H groups in total. The van der Waals surface area contributed by atoms with Gasteiger partial charge in [0.15, 0.2) is 27.1 Å². The van der Waals surface area contributed by atoms with E-state index in [2.05, 4.69) is 0 Å². The number of halogens is 1. The summed E-state index contributed by atoms with van der Waals surface area (Å²) in [6.07, 6.45) is 0.111. The first-order valence-corrected chi connectivity index (χ1v) is 9.09. The Labute approximate surface area is 145 Å². The Morgan fingerprint density at radius 3 is 2.21 bits per heavy atom. The third-order valence-corrected chi connectivity index (χ3v) is 6.40. The molecule has 0 spiro atoms. The second kappa shape index (κ2) is 6.11. The Morgan fingerprint density at radius 2 is 1.62 bits per heavy atom. The average Bonchev–Trinajstić information content (AvgIpc) is 2.90. The van der Waals surface area contributed by atoms with E-state index in [9.17, 15) is 13.2 Å². The summed E-state index contributed by atoms with van der Waals surface area (Å²) >= 11 is 5.80. The lowest BCUT2D eigenvalue weighted by atomic mass is 10.1. The normalized spacial score (nSPS) is 16.8. The van der Waals surface area contributed by atoms with E-state index in [1.54, 1.807) is 6.07 Å². The topological polar surface area (TPSA) is 69.7 Å². The number of hydrogen-bond donors (Lipinski definition) is 0. The highest BCUT2D eigenvalue weighted by molar-refractivity contribution is 7.92. The van der Waals surface area contributed by atoms with Crippen LogP contribution in [0.1, 0.15) is 15.9 Å². The highest BCUT2D eigenvalue weighted by Gasteiger charge is 2.41. The largest absolute Gasteiger partial charge is 0.493 e. The van der Waals surface area contributed by atoms with Crippen molar-refractivity contribution in [3.05, 3.63) is 52.5 Å². The van der Waals surface area contributed by atoms with E-state index in [1.807, 2.05) is 0 Å². The number of Topliss-reactive ketones (excluding diaryl/α,β-unsaturated/α-hetero) is 1. The van der Waals surface area contributed by atoms with Gasteiger partial charge in [0.2, 0.25) is 0 Å². The van der Waals surface area contributed by atoms with Crippen molar-refractivity contribution in [2.24, 2.45) is 0 Å². The summed E-state index contributed by atoms with van der Waals surface area (Å²) in [5, 5.41) is -0.713. The monoisotopic (exact) mass is 366 g/mol. The van der Waals surface area contributed by atoms with Crippen molar-refractivity contribution in [2.45, 2.75) is 16.6 Å². The second-order valence-electron chi connectivity index (χ2n) is 5.42. The van der Waals surface area contributed by atoms with E-state index < -0.39 is 20.9 Å². The van der Waals surface area contributed by atoms with Crippen LogP contribution >= 0.6 is 11.6 Å². The van der Waals surface area contributed by atoms with Gasteiger partial charge in [0.05, 0.1) is 19.1 Å². The molecule has 24 heavy (non-hydrogen) atoms. The molecule has 126 valence electrons. The van der Waals surface area contributed by atoms with Crippen LogP contribution in [0, 0.1) is 0 Å². The van der Waals surface area contributed by atoms with E-state index in [4.69, 9.17) is 21.1 Å². The van der Waals surface area contributed by atoms with Crippen molar-refractivity contribution in [1.82, 2.24) is 0 Å². The molecule has 0 radical (unpaired) electrons. The van der Waals surface area contributed by atoms with Crippen LogP contribution in [0.5, 0.6) is 11.5 Å². The maximum absolute atomic E-state index is 12.8. The van der Waals surface area contributed by atoms with Crippen molar-refractivity contribution in [3.63, 3.8) is 0 Å². The molecule has 1 aliphatic carbocycles. The lowest BCUT2D eigenvalue weighted by Gasteiger charge is -2.10. The number of ketones is 1. The van der Waals surface area contributed by atoms with Crippen LogP contribution in [0.2, 0.25) is 5.02 Å². The van der Waals surface area contributed by atoms with E-state index in [-0.39, 0.29) is 11.3 Å². The molecule has 0 fully saturated rings. The lowest BCUT2D eigenvalue weighted by molar-refractivity contribution is 0.0997. The Kier molecular flexibility index (Phi) is 4.27. The molecule has 0 heterocycles. The molecule has 0 amide bonds. The second-order valence-corrected chi connectivity index (χ2v) is 7.99. The summed E-state index contributed by atoms with van der Waals surface area (Å²) in [7, 11) is -0.848. The van der Waals surface area contributed by atoms with Gasteiger partial charge in [0, 0.05) is 10.6 Å². The van der Waals surface area contributed by atoms with Crippen molar-refractivity contribution in [1.29, 1.82) is 0 Å². The van der Waals surface area contributed by atoms with Gasteiger partial charge in [-0.05, 0) is 48.4 Å². The van der Waals surface area contributed by atoms with Crippen LogP contribution in [0.4, 0.5) is 0 Å². The Morgan fingerprint density at radius 1 is 1.04 bits per heavy atom. The summed E-state index contributed by atoms with van der Waals surface area (Å²) in [6.45, 7) is 0. The fraction of sp³-hybridized carbons (Fsp3) is 0.235. The number of benzene rings is 2. The average molecular weight is 367 g/mol. The van der Waals surface area contributed by atoms with Gasteiger partial charge in [-0.2, -0.15) is 0 Å². The van der Waals surface area contributed by atoms with E-state index in [0.29, 0.717) is 27.6 Å². The molecule has 0 aromatic heterocycles. The van der Waals surface area contributed by atoms with Gasteiger partial charge in [0.25, 0.3) is 0 Å². The molecule has 0 bridgehead atoms. The SMILES string of the molecule is COc1cc2c(cc1OC)C(=O)C(S(=O)(=O)c1ccc(Cl)cc1)C2. The van der Waals surface area contributed by atoms with Gasteiger partial charge in [-0.15, -0.1) is 0 Å².